The number of amides is 1. The van der Waals surface area contributed by atoms with Gasteiger partial charge in [-0.1, -0.05) is 6.92 Å². The summed E-state index contributed by atoms with van der Waals surface area (Å²) in [5.74, 6) is 0.450. The number of aryl methyl sites for hydroxylation is 1. The number of H-pyrrole nitrogens is 1. The van der Waals surface area contributed by atoms with Crippen molar-refractivity contribution in [2.24, 2.45) is 0 Å². The van der Waals surface area contributed by atoms with Crippen molar-refractivity contribution >= 4 is 5.91 Å². The molecule has 1 aliphatic rings. The summed E-state index contributed by atoms with van der Waals surface area (Å²) in [6.45, 7) is 5.67. The fourth-order valence-electron chi connectivity index (χ4n) is 3.32. The van der Waals surface area contributed by atoms with E-state index in [4.69, 9.17) is 4.74 Å². The van der Waals surface area contributed by atoms with Crippen molar-refractivity contribution in [3.05, 3.63) is 34.3 Å². The molecule has 0 saturated carbocycles. The van der Waals surface area contributed by atoms with Crippen molar-refractivity contribution < 1.29 is 9.53 Å². The number of nitrogens with zero attached hydrogens (tertiary/aromatic N) is 5. The third-order valence-electron chi connectivity index (χ3n) is 4.59. The first kappa shape index (κ1) is 17.4. The molecule has 1 aliphatic heterocycles. The highest BCUT2D eigenvalue weighted by Crippen LogP contribution is 2.33. The molecule has 0 spiro atoms. The Morgan fingerprint density at radius 2 is 2.24 bits per heavy atom. The van der Waals surface area contributed by atoms with E-state index in [9.17, 15) is 9.59 Å². The molecule has 2 aromatic heterocycles. The standard InChI is InChI=1S/C16H24N6O3/c1-4-6-20-9-11(8-17-20)15(23)22-10-12(25-3)7-13(22)14-18-19-16(24)21(14)5-2/h8-9,12-13H,4-7,10H2,1-3H3,(H,19,24)/t12-,13-/m0/s1. The molecule has 1 N–H and O–H groups in total. The highest BCUT2D eigenvalue weighted by molar-refractivity contribution is 5.94. The maximum Gasteiger partial charge on any atom is 0.343 e. The Balaban J connectivity index is 1.90. The quantitative estimate of drug-likeness (QED) is 0.833. The summed E-state index contributed by atoms with van der Waals surface area (Å²) in [5.41, 5.74) is 0.276. The molecule has 136 valence electrons. The van der Waals surface area contributed by atoms with Crippen molar-refractivity contribution in [1.82, 2.24) is 29.4 Å². The van der Waals surface area contributed by atoms with Gasteiger partial charge in [-0.15, -0.1) is 0 Å². The van der Waals surface area contributed by atoms with Crippen LogP contribution in [0.1, 0.15) is 48.9 Å². The van der Waals surface area contributed by atoms with Gasteiger partial charge in [0.25, 0.3) is 5.91 Å². The summed E-state index contributed by atoms with van der Waals surface area (Å²) >= 11 is 0. The molecule has 0 aliphatic carbocycles. The first-order valence-electron chi connectivity index (χ1n) is 8.60. The van der Waals surface area contributed by atoms with Gasteiger partial charge in [0, 0.05) is 39.4 Å². The molecule has 3 rings (SSSR count). The molecule has 25 heavy (non-hydrogen) atoms. The first-order chi connectivity index (χ1) is 12.1. The number of aromatic nitrogens is 5. The van der Waals surface area contributed by atoms with Gasteiger partial charge < -0.3 is 9.64 Å². The molecule has 1 amide bonds. The van der Waals surface area contributed by atoms with Crippen LogP contribution in [0.15, 0.2) is 17.2 Å². The molecule has 0 unspecified atom stereocenters. The zero-order valence-corrected chi connectivity index (χ0v) is 14.8. The van der Waals surface area contributed by atoms with Crippen LogP contribution in [0, 0.1) is 0 Å². The lowest BCUT2D eigenvalue weighted by atomic mass is 10.1. The minimum atomic E-state index is -0.300. The number of likely N-dealkylation sites (tertiary alicyclic amines) is 1. The smallest absolute Gasteiger partial charge is 0.343 e. The van der Waals surface area contributed by atoms with Gasteiger partial charge in [0.1, 0.15) is 0 Å². The topological polar surface area (TPSA) is 98.0 Å². The number of rotatable bonds is 6. The third kappa shape index (κ3) is 3.23. The van der Waals surface area contributed by atoms with Gasteiger partial charge in [-0.25, -0.2) is 9.89 Å². The lowest BCUT2D eigenvalue weighted by Crippen LogP contribution is -2.33. The van der Waals surface area contributed by atoms with Crippen LogP contribution >= 0.6 is 0 Å². The molecule has 9 nitrogen and oxygen atoms in total. The second-order valence-electron chi connectivity index (χ2n) is 6.19. The second-order valence-corrected chi connectivity index (χ2v) is 6.19. The van der Waals surface area contributed by atoms with Crippen LogP contribution in [-0.2, 0) is 17.8 Å². The van der Waals surface area contributed by atoms with Crippen LogP contribution in [0.3, 0.4) is 0 Å². The summed E-state index contributed by atoms with van der Waals surface area (Å²) in [6, 6.07) is -0.300. The zero-order valence-electron chi connectivity index (χ0n) is 14.8. The van der Waals surface area contributed by atoms with Crippen LogP contribution < -0.4 is 5.69 Å². The van der Waals surface area contributed by atoms with Crippen molar-refractivity contribution in [1.29, 1.82) is 0 Å². The molecule has 2 aromatic rings. The van der Waals surface area contributed by atoms with Crippen molar-refractivity contribution in [3.8, 4) is 0 Å². The summed E-state index contributed by atoms with van der Waals surface area (Å²) in [5, 5.41) is 10.9. The number of carbonyl (C=O) groups is 1. The van der Waals surface area contributed by atoms with Gasteiger partial charge in [-0.2, -0.15) is 10.2 Å². The molecule has 1 saturated heterocycles. The second kappa shape index (κ2) is 7.22. The highest BCUT2D eigenvalue weighted by Gasteiger charge is 2.39. The number of aromatic amines is 1. The molecular weight excluding hydrogens is 324 g/mol. The SMILES string of the molecule is CCCn1cc(C(=O)N2C[C@@H](OC)C[C@H]2c2n[nH]c(=O)n2CC)cn1. The van der Waals surface area contributed by atoms with Crippen LogP contribution in [-0.4, -0.2) is 55.1 Å². The molecule has 0 bridgehead atoms. The fourth-order valence-corrected chi connectivity index (χ4v) is 3.32. The molecule has 1 fully saturated rings. The largest absolute Gasteiger partial charge is 0.380 e. The summed E-state index contributed by atoms with van der Waals surface area (Å²) in [6.07, 6.45) is 4.82. The summed E-state index contributed by atoms with van der Waals surface area (Å²) in [7, 11) is 1.63. The minimum Gasteiger partial charge on any atom is -0.380 e. The van der Waals surface area contributed by atoms with E-state index in [0.29, 0.717) is 30.9 Å². The zero-order chi connectivity index (χ0) is 18.0. The van der Waals surface area contributed by atoms with Gasteiger partial charge in [0.05, 0.1) is 23.9 Å². The van der Waals surface area contributed by atoms with E-state index in [0.717, 1.165) is 13.0 Å². The molecule has 2 atom stereocenters. The first-order valence-corrected chi connectivity index (χ1v) is 8.60. The summed E-state index contributed by atoms with van der Waals surface area (Å²) in [4.78, 5) is 26.6. The average molecular weight is 348 g/mol. The predicted octanol–water partition coefficient (Wildman–Crippen LogP) is 0.800. The lowest BCUT2D eigenvalue weighted by Gasteiger charge is -2.23. The predicted molar refractivity (Wildman–Crippen MR) is 90.2 cm³/mol. The monoisotopic (exact) mass is 348 g/mol. The Bertz CT molecular complexity index is 792. The number of hydrogen-bond donors (Lipinski definition) is 1. The Morgan fingerprint density at radius 1 is 1.44 bits per heavy atom. The Labute approximate surface area is 145 Å². The Morgan fingerprint density at radius 3 is 2.92 bits per heavy atom. The van der Waals surface area contributed by atoms with Crippen LogP contribution in [0.2, 0.25) is 0 Å². The molecule has 3 heterocycles. The van der Waals surface area contributed by atoms with Gasteiger partial charge in [0.2, 0.25) is 0 Å². The van der Waals surface area contributed by atoms with E-state index >= 15 is 0 Å². The van der Waals surface area contributed by atoms with E-state index < -0.39 is 0 Å². The van der Waals surface area contributed by atoms with Crippen LogP contribution in [0.5, 0.6) is 0 Å². The minimum absolute atomic E-state index is 0.0863. The number of ether oxygens (including phenoxy) is 1. The highest BCUT2D eigenvalue weighted by atomic mass is 16.5. The van der Waals surface area contributed by atoms with E-state index in [1.807, 2.05) is 6.92 Å². The lowest BCUT2D eigenvalue weighted by molar-refractivity contribution is 0.0682. The Kier molecular flexibility index (Phi) is 5.03. The third-order valence-corrected chi connectivity index (χ3v) is 4.59. The number of methoxy groups -OCH3 is 1. The van der Waals surface area contributed by atoms with E-state index in [-0.39, 0.29) is 23.7 Å². The van der Waals surface area contributed by atoms with Gasteiger partial charge in [-0.05, 0) is 13.3 Å². The van der Waals surface area contributed by atoms with Gasteiger partial charge >= 0.3 is 5.69 Å². The van der Waals surface area contributed by atoms with Gasteiger partial charge in [0.15, 0.2) is 5.82 Å². The number of hydrogen-bond acceptors (Lipinski definition) is 5. The normalized spacial score (nSPS) is 20.4. The fraction of sp³-hybridized carbons (Fsp3) is 0.625. The molecule has 0 radical (unpaired) electrons. The molecule has 0 aromatic carbocycles. The van der Waals surface area contributed by atoms with Crippen LogP contribution in [0.25, 0.3) is 0 Å². The number of carbonyl (C=O) groups excluding carboxylic acids is 1. The van der Waals surface area contributed by atoms with Crippen molar-refractivity contribution in [3.63, 3.8) is 0 Å². The van der Waals surface area contributed by atoms with Crippen molar-refractivity contribution in [2.75, 3.05) is 13.7 Å². The Hall–Kier alpha value is -2.42. The maximum atomic E-state index is 13.0. The van der Waals surface area contributed by atoms with Crippen LogP contribution in [0.4, 0.5) is 0 Å². The number of nitrogens with one attached hydrogen (secondary N) is 1. The van der Waals surface area contributed by atoms with E-state index in [2.05, 4.69) is 22.2 Å². The molecular formula is C16H24N6O3. The summed E-state index contributed by atoms with van der Waals surface area (Å²) < 4.78 is 8.79. The average Bonchev–Trinajstić information content (AvgIpc) is 3.32. The van der Waals surface area contributed by atoms with E-state index in [1.165, 1.54) is 0 Å². The van der Waals surface area contributed by atoms with Gasteiger partial charge in [-0.3, -0.25) is 14.0 Å². The van der Waals surface area contributed by atoms with Crippen molar-refractivity contribution in [2.45, 2.75) is 51.9 Å². The maximum absolute atomic E-state index is 13.0. The molecule has 9 heteroatoms. The van der Waals surface area contributed by atoms with E-state index in [1.54, 1.807) is 33.7 Å².